The molecule has 0 unspecified atom stereocenters. The SMILES string of the molecule is CC[C@H](C(=O)NC(C)C)N(Cc1ccc(OC)cc1)C(=O)CN(c1ccc(C)c(C)c1)S(=O)(=O)c1ccc(C)cc1. The van der Waals surface area contributed by atoms with Crippen LogP contribution in [0.2, 0.25) is 0 Å². The van der Waals surface area contributed by atoms with Crippen molar-refractivity contribution < 1.29 is 22.7 Å². The highest BCUT2D eigenvalue weighted by Crippen LogP contribution is 2.27. The first-order valence-corrected chi connectivity index (χ1v) is 15.2. The number of rotatable bonds is 12. The summed E-state index contributed by atoms with van der Waals surface area (Å²) < 4.78 is 34.4. The number of hydrogen-bond donors (Lipinski definition) is 1. The summed E-state index contributed by atoms with van der Waals surface area (Å²) in [5, 5.41) is 2.91. The number of benzene rings is 3. The first-order chi connectivity index (χ1) is 19.4. The number of hydrogen-bond acceptors (Lipinski definition) is 5. The van der Waals surface area contributed by atoms with E-state index in [-0.39, 0.29) is 23.4 Å². The maximum Gasteiger partial charge on any atom is 0.264 e. The van der Waals surface area contributed by atoms with Crippen molar-refractivity contribution in [3.63, 3.8) is 0 Å². The van der Waals surface area contributed by atoms with Crippen LogP contribution in [0.4, 0.5) is 5.69 Å². The van der Waals surface area contributed by atoms with Crippen LogP contribution in [0.1, 0.15) is 49.4 Å². The summed E-state index contributed by atoms with van der Waals surface area (Å²) in [6.45, 7) is 10.9. The number of carbonyl (C=O) groups is 2. The Bertz CT molecular complexity index is 1450. The van der Waals surface area contributed by atoms with E-state index in [0.717, 1.165) is 26.6 Å². The molecule has 41 heavy (non-hydrogen) atoms. The molecule has 3 aromatic carbocycles. The minimum absolute atomic E-state index is 0.0837. The molecule has 0 saturated carbocycles. The van der Waals surface area contributed by atoms with E-state index >= 15 is 0 Å². The monoisotopic (exact) mass is 579 g/mol. The van der Waals surface area contributed by atoms with E-state index in [1.165, 1.54) is 4.90 Å². The summed E-state index contributed by atoms with van der Waals surface area (Å²) in [7, 11) is -2.54. The second-order valence-corrected chi connectivity index (χ2v) is 12.4. The van der Waals surface area contributed by atoms with Gasteiger partial charge in [-0.3, -0.25) is 13.9 Å². The molecule has 1 N–H and O–H groups in total. The van der Waals surface area contributed by atoms with Crippen LogP contribution in [0.3, 0.4) is 0 Å². The van der Waals surface area contributed by atoms with E-state index in [2.05, 4.69) is 5.32 Å². The van der Waals surface area contributed by atoms with Crippen molar-refractivity contribution >= 4 is 27.5 Å². The third-order valence-corrected chi connectivity index (χ3v) is 8.78. The van der Waals surface area contributed by atoms with Crippen LogP contribution in [-0.4, -0.2) is 50.9 Å². The smallest absolute Gasteiger partial charge is 0.264 e. The lowest BCUT2D eigenvalue weighted by Crippen LogP contribution is -2.53. The molecule has 0 heterocycles. The van der Waals surface area contributed by atoms with E-state index in [9.17, 15) is 18.0 Å². The maximum atomic E-state index is 14.1. The Morgan fingerprint density at radius 2 is 1.54 bits per heavy atom. The Kier molecular flexibility index (Phi) is 10.6. The van der Waals surface area contributed by atoms with Crippen molar-refractivity contribution in [2.24, 2.45) is 0 Å². The summed E-state index contributed by atoms with van der Waals surface area (Å²) >= 11 is 0. The van der Waals surface area contributed by atoms with E-state index < -0.39 is 28.5 Å². The molecule has 9 heteroatoms. The van der Waals surface area contributed by atoms with Gasteiger partial charge in [-0.2, -0.15) is 0 Å². The molecule has 2 amide bonds. The molecule has 0 radical (unpaired) electrons. The molecule has 3 rings (SSSR count). The molecule has 0 saturated heterocycles. The predicted octanol–water partition coefficient (Wildman–Crippen LogP) is 5.15. The molecule has 0 aromatic heterocycles. The summed E-state index contributed by atoms with van der Waals surface area (Å²) in [5.41, 5.74) is 3.99. The summed E-state index contributed by atoms with van der Waals surface area (Å²) in [5.74, 6) is -0.106. The molecule has 8 nitrogen and oxygen atoms in total. The highest BCUT2D eigenvalue weighted by molar-refractivity contribution is 7.92. The first-order valence-electron chi connectivity index (χ1n) is 13.8. The van der Waals surface area contributed by atoms with E-state index in [4.69, 9.17) is 4.74 Å². The van der Waals surface area contributed by atoms with Gasteiger partial charge in [0, 0.05) is 12.6 Å². The van der Waals surface area contributed by atoms with Gasteiger partial charge in [0.2, 0.25) is 11.8 Å². The fourth-order valence-electron chi connectivity index (χ4n) is 4.47. The lowest BCUT2D eigenvalue weighted by molar-refractivity contribution is -0.140. The number of methoxy groups -OCH3 is 1. The van der Waals surface area contributed by atoms with Gasteiger partial charge in [0.1, 0.15) is 18.3 Å². The number of amides is 2. The molecule has 0 aliphatic carbocycles. The van der Waals surface area contributed by atoms with E-state index in [1.807, 2.05) is 59.7 Å². The zero-order valence-electron chi connectivity index (χ0n) is 25.0. The standard InChI is InChI=1S/C32H41N3O5S/c1-8-30(32(37)33-22(2)3)34(20-26-12-15-28(40-7)16-13-26)31(36)21-35(27-14-11-24(5)25(6)19-27)41(38,39)29-17-9-23(4)10-18-29/h9-19,22,30H,8,20-21H2,1-7H3,(H,33,37)/t30-/m1/s1. The lowest BCUT2D eigenvalue weighted by Gasteiger charge is -2.33. The van der Waals surface area contributed by atoms with Crippen LogP contribution in [0.5, 0.6) is 5.75 Å². The average molecular weight is 580 g/mol. The van der Waals surface area contributed by atoms with Gasteiger partial charge in [0.05, 0.1) is 17.7 Å². The van der Waals surface area contributed by atoms with Gasteiger partial charge in [0.25, 0.3) is 10.0 Å². The molecular formula is C32H41N3O5S. The van der Waals surface area contributed by atoms with Crippen molar-refractivity contribution in [3.8, 4) is 5.75 Å². The summed E-state index contributed by atoms with van der Waals surface area (Å²) in [4.78, 5) is 29.0. The number of carbonyl (C=O) groups excluding carboxylic acids is 2. The molecule has 0 spiro atoms. The number of sulfonamides is 1. The van der Waals surface area contributed by atoms with E-state index in [0.29, 0.717) is 17.9 Å². The summed E-state index contributed by atoms with van der Waals surface area (Å²) in [6.07, 6.45) is 0.356. The zero-order valence-corrected chi connectivity index (χ0v) is 25.8. The molecule has 0 aliphatic rings. The molecule has 220 valence electrons. The third-order valence-electron chi connectivity index (χ3n) is 7.00. The van der Waals surface area contributed by atoms with Crippen LogP contribution in [0.15, 0.2) is 71.6 Å². The Morgan fingerprint density at radius 1 is 0.902 bits per heavy atom. The Balaban J connectivity index is 2.08. The van der Waals surface area contributed by atoms with Gasteiger partial charge < -0.3 is 15.0 Å². The average Bonchev–Trinajstić information content (AvgIpc) is 2.93. The lowest BCUT2D eigenvalue weighted by atomic mass is 10.1. The Labute approximate surface area is 244 Å². The van der Waals surface area contributed by atoms with Crippen molar-refractivity contribution in [1.29, 1.82) is 0 Å². The molecule has 1 atom stereocenters. The van der Waals surface area contributed by atoms with Crippen LogP contribution in [0.25, 0.3) is 0 Å². The molecular weight excluding hydrogens is 538 g/mol. The highest BCUT2D eigenvalue weighted by atomic mass is 32.2. The van der Waals surface area contributed by atoms with E-state index in [1.54, 1.807) is 55.6 Å². The number of ether oxygens (including phenoxy) is 1. The van der Waals surface area contributed by atoms with Gasteiger partial charge >= 0.3 is 0 Å². The largest absolute Gasteiger partial charge is 0.497 e. The van der Waals surface area contributed by atoms with Crippen molar-refractivity contribution in [1.82, 2.24) is 10.2 Å². The minimum Gasteiger partial charge on any atom is -0.497 e. The predicted molar refractivity (Wildman–Crippen MR) is 163 cm³/mol. The molecule has 0 aliphatic heterocycles. The third kappa shape index (κ3) is 7.88. The fourth-order valence-corrected chi connectivity index (χ4v) is 5.88. The topological polar surface area (TPSA) is 96.0 Å². The van der Waals surface area contributed by atoms with Gasteiger partial charge in [-0.25, -0.2) is 8.42 Å². The zero-order chi connectivity index (χ0) is 30.3. The molecule has 0 fully saturated rings. The van der Waals surface area contributed by atoms with Crippen LogP contribution >= 0.6 is 0 Å². The number of nitrogens with zero attached hydrogens (tertiary/aromatic N) is 2. The Morgan fingerprint density at radius 3 is 2.07 bits per heavy atom. The molecule has 0 bridgehead atoms. The van der Waals surface area contributed by atoms with Crippen molar-refractivity contribution in [3.05, 3.63) is 89.0 Å². The van der Waals surface area contributed by atoms with Gasteiger partial charge in [-0.1, -0.05) is 42.8 Å². The number of aryl methyl sites for hydroxylation is 3. The molecule has 3 aromatic rings. The van der Waals surface area contributed by atoms with Gasteiger partial charge in [-0.05, 0) is 94.1 Å². The number of anilines is 1. The van der Waals surface area contributed by atoms with Crippen molar-refractivity contribution in [2.75, 3.05) is 18.0 Å². The Hall–Kier alpha value is -3.85. The first kappa shape index (κ1) is 31.7. The van der Waals surface area contributed by atoms with Crippen LogP contribution in [-0.2, 0) is 26.2 Å². The number of nitrogens with one attached hydrogen (secondary N) is 1. The second-order valence-electron chi connectivity index (χ2n) is 10.6. The minimum atomic E-state index is -4.11. The quantitative estimate of drug-likeness (QED) is 0.320. The normalized spacial score (nSPS) is 12.1. The van der Waals surface area contributed by atoms with Crippen LogP contribution in [0, 0.1) is 20.8 Å². The second kappa shape index (κ2) is 13.7. The van der Waals surface area contributed by atoms with Gasteiger partial charge in [0.15, 0.2) is 0 Å². The van der Waals surface area contributed by atoms with Crippen LogP contribution < -0.4 is 14.4 Å². The maximum absolute atomic E-state index is 14.1. The summed E-state index contributed by atoms with van der Waals surface area (Å²) in [6, 6.07) is 18.2. The van der Waals surface area contributed by atoms with Crippen molar-refractivity contribution in [2.45, 2.75) is 71.5 Å². The van der Waals surface area contributed by atoms with Gasteiger partial charge in [-0.15, -0.1) is 0 Å². The highest BCUT2D eigenvalue weighted by Gasteiger charge is 2.34. The fraction of sp³-hybridized carbons (Fsp3) is 0.375.